The number of aromatic nitrogens is 1. The van der Waals surface area contributed by atoms with E-state index in [9.17, 15) is 9.59 Å². The third-order valence-electron chi connectivity index (χ3n) is 3.68. The van der Waals surface area contributed by atoms with Crippen LogP contribution in [0.4, 0.5) is 0 Å². The van der Waals surface area contributed by atoms with Crippen molar-refractivity contribution in [1.82, 2.24) is 10.3 Å². The van der Waals surface area contributed by atoms with Crippen LogP contribution in [-0.4, -0.2) is 37.1 Å². The molecule has 0 unspecified atom stereocenters. The molecule has 1 aromatic carbocycles. The van der Waals surface area contributed by atoms with Gasteiger partial charge in [-0.1, -0.05) is 24.6 Å². The summed E-state index contributed by atoms with van der Waals surface area (Å²) in [6, 6.07) is 9.33. The largest absolute Gasteiger partial charge is 0.469 e. The summed E-state index contributed by atoms with van der Waals surface area (Å²) >= 11 is 0. The van der Waals surface area contributed by atoms with E-state index in [-0.39, 0.29) is 23.5 Å². The van der Waals surface area contributed by atoms with Crippen LogP contribution in [0.1, 0.15) is 43.1 Å². The lowest BCUT2D eigenvalue weighted by Gasteiger charge is -2.04. The van der Waals surface area contributed by atoms with Gasteiger partial charge in [-0.3, -0.25) is 9.59 Å². The Hall–Kier alpha value is -2.83. The lowest BCUT2D eigenvalue weighted by molar-refractivity contribution is -0.140. The zero-order chi connectivity index (χ0) is 18.8. The number of benzene rings is 1. The lowest BCUT2D eigenvalue weighted by Crippen LogP contribution is -2.25. The number of methoxy groups -OCH3 is 1. The van der Waals surface area contributed by atoms with Gasteiger partial charge in [0.1, 0.15) is 0 Å². The number of rotatable bonds is 10. The third kappa shape index (κ3) is 5.61. The second-order valence-corrected chi connectivity index (χ2v) is 5.60. The summed E-state index contributed by atoms with van der Waals surface area (Å²) in [7, 11) is 1.38. The van der Waals surface area contributed by atoms with Crippen LogP contribution in [0.15, 0.2) is 34.7 Å². The molecule has 0 saturated heterocycles. The predicted octanol–water partition coefficient (Wildman–Crippen LogP) is 3.20. The Balaban J connectivity index is 1.91. The van der Waals surface area contributed by atoms with Crippen LogP contribution in [-0.2, 0) is 9.53 Å². The van der Waals surface area contributed by atoms with Crippen LogP contribution in [0.3, 0.4) is 0 Å². The summed E-state index contributed by atoms with van der Waals surface area (Å²) in [5.74, 6) is -0.0920. The highest BCUT2D eigenvalue weighted by atomic mass is 16.6. The zero-order valence-electron chi connectivity index (χ0n) is 15.1. The minimum absolute atomic E-state index is 0.120. The number of amides is 1. The molecular formula is C19H24N2O5. The lowest BCUT2D eigenvalue weighted by atomic mass is 10.2. The van der Waals surface area contributed by atoms with E-state index in [0.717, 1.165) is 24.8 Å². The first-order chi connectivity index (χ1) is 12.7. The van der Waals surface area contributed by atoms with Crippen LogP contribution < -0.4 is 10.1 Å². The Labute approximate surface area is 152 Å². The quantitative estimate of drug-likeness (QED) is 0.517. The maximum atomic E-state index is 12.4. The highest BCUT2D eigenvalue weighted by Crippen LogP contribution is 2.27. The van der Waals surface area contributed by atoms with Crippen molar-refractivity contribution >= 4 is 11.9 Å². The Morgan fingerprint density at radius 3 is 2.62 bits per heavy atom. The van der Waals surface area contributed by atoms with E-state index in [1.165, 1.54) is 7.11 Å². The van der Waals surface area contributed by atoms with Crippen LogP contribution in [0.2, 0.25) is 0 Å². The number of carbonyl (C=O) groups excluding carboxylic acids is 2. The predicted molar refractivity (Wildman–Crippen MR) is 95.9 cm³/mol. The van der Waals surface area contributed by atoms with Crippen molar-refractivity contribution in [2.45, 2.75) is 32.6 Å². The molecule has 0 aliphatic rings. The van der Waals surface area contributed by atoms with Crippen molar-refractivity contribution < 1.29 is 23.5 Å². The molecule has 1 heterocycles. The number of hydrogen-bond acceptors (Lipinski definition) is 6. The van der Waals surface area contributed by atoms with Crippen molar-refractivity contribution in [3.8, 4) is 17.4 Å². The van der Waals surface area contributed by atoms with Gasteiger partial charge < -0.3 is 19.2 Å². The molecule has 1 N–H and O–H groups in total. The Morgan fingerprint density at radius 1 is 1.15 bits per heavy atom. The Bertz CT molecular complexity index is 712. The van der Waals surface area contributed by atoms with Gasteiger partial charge in [0.2, 0.25) is 11.6 Å². The second-order valence-electron chi connectivity index (χ2n) is 5.60. The highest BCUT2D eigenvalue weighted by Gasteiger charge is 2.22. The van der Waals surface area contributed by atoms with Gasteiger partial charge in [0.25, 0.3) is 5.91 Å². The van der Waals surface area contributed by atoms with E-state index in [0.29, 0.717) is 25.5 Å². The van der Waals surface area contributed by atoms with Gasteiger partial charge >= 0.3 is 11.9 Å². The normalized spacial score (nSPS) is 10.4. The highest BCUT2D eigenvalue weighted by molar-refractivity contribution is 5.94. The molecule has 140 valence electrons. The van der Waals surface area contributed by atoms with Crippen molar-refractivity contribution in [2.75, 3.05) is 20.3 Å². The Kier molecular flexibility index (Phi) is 7.67. The minimum atomic E-state index is -0.340. The summed E-state index contributed by atoms with van der Waals surface area (Å²) in [4.78, 5) is 27.7. The fourth-order valence-electron chi connectivity index (χ4n) is 2.34. The van der Waals surface area contributed by atoms with Crippen molar-refractivity contribution in [3.05, 3.63) is 36.0 Å². The van der Waals surface area contributed by atoms with Gasteiger partial charge in [-0.05, 0) is 31.9 Å². The monoisotopic (exact) mass is 360 g/mol. The maximum Gasteiger partial charge on any atom is 0.319 e. The molecular weight excluding hydrogens is 336 g/mol. The van der Waals surface area contributed by atoms with E-state index < -0.39 is 0 Å². The second kappa shape index (κ2) is 10.2. The number of nitrogens with one attached hydrogen (secondary N) is 1. The molecule has 7 heteroatoms. The molecule has 1 aromatic heterocycles. The van der Waals surface area contributed by atoms with Gasteiger partial charge in [-0.2, -0.15) is 4.98 Å². The summed E-state index contributed by atoms with van der Waals surface area (Å²) < 4.78 is 15.6. The number of ether oxygens (including phenoxy) is 2. The topological polar surface area (TPSA) is 90.7 Å². The first kappa shape index (κ1) is 19.5. The van der Waals surface area contributed by atoms with Gasteiger partial charge in [0.15, 0.2) is 0 Å². The minimum Gasteiger partial charge on any atom is -0.469 e. The summed E-state index contributed by atoms with van der Waals surface area (Å²) in [5, 5.41) is 2.81. The number of nitrogens with zero attached hydrogens (tertiary/aromatic N) is 1. The number of esters is 1. The van der Waals surface area contributed by atoms with Crippen molar-refractivity contribution in [1.29, 1.82) is 0 Å². The first-order valence-electron chi connectivity index (χ1n) is 8.69. The molecule has 7 nitrogen and oxygen atoms in total. The van der Waals surface area contributed by atoms with Crippen LogP contribution in [0.5, 0.6) is 5.95 Å². The number of unbranched alkanes of at least 4 members (excludes halogenated alkanes) is 2. The van der Waals surface area contributed by atoms with Crippen LogP contribution in [0.25, 0.3) is 11.5 Å². The molecule has 0 radical (unpaired) electrons. The Morgan fingerprint density at radius 2 is 1.92 bits per heavy atom. The molecule has 0 saturated carbocycles. The number of oxazole rings is 1. The van der Waals surface area contributed by atoms with Gasteiger partial charge in [-0.15, -0.1) is 0 Å². The molecule has 0 aliphatic heterocycles. The average Bonchev–Trinajstić information content (AvgIpc) is 3.09. The fourth-order valence-corrected chi connectivity index (χ4v) is 2.34. The van der Waals surface area contributed by atoms with E-state index in [2.05, 4.69) is 15.0 Å². The average molecular weight is 360 g/mol. The summed E-state index contributed by atoms with van der Waals surface area (Å²) in [6.07, 6.45) is 2.70. The third-order valence-corrected chi connectivity index (χ3v) is 3.68. The van der Waals surface area contributed by atoms with Crippen LogP contribution in [0, 0.1) is 0 Å². The number of hydrogen-bond donors (Lipinski definition) is 1. The number of carbonyl (C=O) groups is 2. The molecule has 0 fully saturated rings. The summed E-state index contributed by atoms with van der Waals surface area (Å²) in [5.41, 5.74) is 0.913. The van der Waals surface area contributed by atoms with E-state index in [1.807, 2.05) is 37.3 Å². The molecule has 2 aromatic rings. The molecule has 0 bridgehead atoms. The maximum absolute atomic E-state index is 12.4. The van der Waals surface area contributed by atoms with E-state index >= 15 is 0 Å². The molecule has 0 aliphatic carbocycles. The molecule has 1 amide bonds. The molecule has 2 rings (SSSR count). The molecule has 0 spiro atoms. The first-order valence-corrected chi connectivity index (χ1v) is 8.69. The van der Waals surface area contributed by atoms with Crippen molar-refractivity contribution in [3.63, 3.8) is 0 Å². The smallest absolute Gasteiger partial charge is 0.319 e. The fraction of sp³-hybridized carbons (Fsp3) is 0.421. The van der Waals surface area contributed by atoms with Crippen LogP contribution >= 0.6 is 0 Å². The zero-order valence-corrected chi connectivity index (χ0v) is 15.1. The summed E-state index contributed by atoms with van der Waals surface area (Å²) in [6.45, 7) is 2.67. The molecule has 26 heavy (non-hydrogen) atoms. The van der Waals surface area contributed by atoms with E-state index in [1.54, 1.807) is 0 Å². The van der Waals surface area contributed by atoms with Gasteiger partial charge in [-0.25, -0.2) is 0 Å². The van der Waals surface area contributed by atoms with Gasteiger partial charge in [0, 0.05) is 18.5 Å². The van der Waals surface area contributed by atoms with Gasteiger partial charge in [0.05, 0.1) is 13.7 Å². The van der Waals surface area contributed by atoms with Crippen molar-refractivity contribution in [2.24, 2.45) is 0 Å². The standard InChI is InChI=1S/C19H24N2O5/c1-3-25-19-16(21-18(26-19)14-10-6-4-7-11-14)17(23)20-13-9-5-8-12-15(22)24-2/h4,6-7,10-11H,3,5,8-9,12-13H2,1-2H3,(H,20,23). The molecule has 0 atom stereocenters. The van der Waals surface area contributed by atoms with E-state index in [4.69, 9.17) is 9.15 Å². The SMILES string of the molecule is CCOc1oc(-c2ccccc2)nc1C(=O)NCCCCCC(=O)OC.